The van der Waals surface area contributed by atoms with Gasteiger partial charge in [0.25, 0.3) is 0 Å². The summed E-state index contributed by atoms with van der Waals surface area (Å²) < 4.78 is 5.74. The van der Waals surface area contributed by atoms with Crippen LogP contribution in [0.25, 0.3) is 0 Å². The van der Waals surface area contributed by atoms with Crippen LogP contribution in [0.3, 0.4) is 0 Å². The van der Waals surface area contributed by atoms with Gasteiger partial charge < -0.3 is 15.0 Å². The summed E-state index contributed by atoms with van der Waals surface area (Å²) in [7, 11) is 0. The molecular weight excluding hydrogens is 352 g/mol. The molecule has 1 amide bonds. The predicted octanol–water partition coefficient (Wildman–Crippen LogP) is 2.47. The largest absolute Gasteiger partial charge is 0.492 e. The molecule has 1 N–H and O–H groups in total. The van der Waals surface area contributed by atoms with Crippen molar-refractivity contribution in [2.75, 3.05) is 24.6 Å². The van der Waals surface area contributed by atoms with Gasteiger partial charge in [-0.15, -0.1) is 0 Å². The summed E-state index contributed by atoms with van der Waals surface area (Å²) in [6.45, 7) is 2.04. The van der Waals surface area contributed by atoms with Crippen LogP contribution in [-0.2, 0) is 11.2 Å². The van der Waals surface area contributed by atoms with Crippen LogP contribution in [0.2, 0.25) is 5.02 Å². The number of anilines is 1. The molecule has 1 aromatic heterocycles. The molecule has 26 heavy (non-hydrogen) atoms. The number of carbonyl (C=O) groups excluding carboxylic acids is 1. The van der Waals surface area contributed by atoms with Crippen molar-refractivity contribution < 1.29 is 9.53 Å². The van der Waals surface area contributed by atoms with Gasteiger partial charge in [0.2, 0.25) is 11.9 Å². The van der Waals surface area contributed by atoms with Gasteiger partial charge in [-0.2, -0.15) is 0 Å². The zero-order chi connectivity index (χ0) is 17.9. The van der Waals surface area contributed by atoms with E-state index in [1.54, 1.807) is 18.5 Å². The number of rotatable bonds is 3. The molecule has 6 nitrogen and oxygen atoms in total. The maximum Gasteiger partial charge on any atom is 0.227 e. The molecule has 1 aromatic carbocycles. The molecule has 2 aliphatic rings. The van der Waals surface area contributed by atoms with Gasteiger partial charge in [0.1, 0.15) is 12.4 Å². The fraction of sp³-hybridized carbons (Fsp3) is 0.421. The van der Waals surface area contributed by atoms with Gasteiger partial charge in [-0.25, -0.2) is 9.97 Å². The highest BCUT2D eigenvalue weighted by atomic mass is 35.5. The Morgan fingerprint density at radius 1 is 1.31 bits per heavy atom. The molecule has 136 valence electrons. The van der Waals surface area contributed by atoms with Crippen molar-refractivity contribution in [1.29, 1.82) is 0 Å². The number of nitrogens with zero attached hydrogens (tertiary/aromatic N) is 3. The Bertz CT molecular complexity index is 786. The van der Waals surface area contributed by atoms with Crippen LogP contribution < -0.4 is 15.0 Å². The molecule has 1 saturated heterocycles. The fourth-order valence-corrected chi connectivity index (χ4v) is 3.78. The highest BCUT2D eigenvalue weighted by Crippen LogP contribution is 2.30. The number of aromatic nitrogens is 2. The minimum Gasteiger partial charge on any atom is -0.492 e. The van der Waals surface area contributed by atoms with Crippen molar-refractivity contribution in [2.24, 2.45) is 5.92 Å². The van der Waals surface area contributed by atoms with Crippen LogP contribution in [0.5, 0.6) is 5.75 Å². The minimum atomic E-state index is -0.190. The molecular formula is C19H21ClN4O2. The minimum absolute atomic E-state index is 0.0384. The summed E-state index contributed by atoms with van der Waals surface area (Å²) in [5.74, 6) is 1.39. The number of nitrogens with one attached hydrogen (secondary N) is 1. The third-order valence-corrected chi connectivity index (χ3v) is 5.14. The third kappa shape index (κ3) is 3.75. The van der Waals surface area contributed by atoms with Crippen LogP contribution in [0, 0.1) is 5.92 Å². The lowest BCUT2D eigenvalue weighted by molar-refractivity contribution is -0.127. The second kappa shape index (κ2) is 7.50. The van der Waals surface area contributed by atoms with E-state index in [1.165, 1.54) is 0 Å². The molecule has 2 aromatic rings. The maximum atomic E-state index is 12.7. The topological polar surface area (TPSA) is 67.4 Å². The first-order chi connectivity index (χ1) is 12.7. The van der Waals surface area contributed by atoms with Gasteiger partial charge >= 0.3 is 0 Å². The number of halogens is 1. The van der Waals surface area contributed by atoms with E-state index in [1.807, 2.05) is 18.2 Å². The van der Waals surface area contributed by atoms with Crippen molar-refractivity contribution >= 4 is 23.5 Å². The Morgan fingerprint density at radius 3 is 3.00 bits per heavy atom. The molecule has 2 aliphatic heterocycles. The van der Waals surface area contributed by atoms with Gasteiger partial charge in [0.05, 0.1) is 5.92 Å². The Balaban J connectivity index is 1.37. The van der Waals surface area contributed by atoms with Crippen molar-refractivity contribution in [1.82, 2.24) is 15.3 Å². The first kappa shape index (κ1) is 17.1. The van der Waals surface area contributed by atoms with Gasteiger partial charge in [-0.3, -0.25) is 4.79 Å². The second-order valence-corrected chi connectivity index (χ2v) is 7.24. The smallest absolute Gasteiger partial charge is 0.227 e. The molecule has 1 fully saturated rings. The Kier molecular flexibility index (Phi) is 4.93. The zero-order valence-electron chi connectivity index (χ0n) is 14.4. The van der Waals surface area contributed by atoms with Crippen LogP contribution in [0.1, 0.15) is 18.4 Å². The van der Waals surface area contributed by atoms with E-state index in [2.05, 4.69) is 20.2 Å². The number of hydrogen-bond donors (Lipinski definition) is 1. The normalized spacial score (nSPS) is 22.3. The van der Waals surface area contributed by atoms with E-state index in [0.717, 1.165) is 43.2 Å². The average molecular weight is 373 g/mol. The predicted molar refractivity (Wildman–Crippen MR) is 99.6 cm³/mol. The number of amides is 1. The average Bonchev–Trinajstić information content (AvgIpc) is 2.68. The summed E-state index contributed by atoms with van der Waals surface area (Å²) in [4.78, 5) is 23.5. The monoisotopic (exact) mass is 372 g/mol. The molecule has 0 bridgehead atoms. The lowest BCUT2D eigenvalue weighted by atomic mass is 9.95. The third-order valence-electron chi connectivity index (χ3n) is 4.90. The number of ether oxygens (including phenoxy) is 1. The molecule has 3 heterocycles. The van der Waals surface area contributed by atoms with Gasteiger partial charge in [-0.1, -0.05) is 11.6 Å². The van der Waals surface area contributed by atoms with Gasteiger partial charge in [-0.05, 0) is 49.1 Å². The van der Waals surface area contributed by atoms with Crippen LogP contribution >= 0.6 is 11.6 Å². The lowest BCUT2D eigenvalue weighted by Gasteiger charge is -2.34. The van der Waals surface area contributed by atoms with Gasteiger partial charge in [0, 0.05) is 36.5 Å². The van der Waals surface area contributed by atoms with E-state index >= 15 is 0 Å². The molecule has 0 saturated carbocycles. The van der Waals surface area contributed by atoms with Crippen molar-refractivity contribution in [3.05, 3.63) is 47.2 Å². The molecule has 2 atom stereocenters. The van der Waals surface area contributed by atoms with Crippen LogP contribution in [0.15, 0.2) is 36.7 Å². The molecule has 0 radical (unpaired) electrons. The van der Waals surface area contributed by atoms with Crippen LogP contribution in [0.4, 0.5) is 5.95 Å². The molecule has 0 aliphatic carbocycles. The molecule has 7 heteroatoms. The van der Waals surface area contributed by atoms with E-state index in [4.69, 9.17) is 16.3 Å². The number of benzene rings is 1. The number of hydrogen-bond acceptors (Lipinski definition) is 5. The highest BCUT2D eigenvalue weighted by molar-refractivity contribution is 6.30. The number of fused-ring (bicyclic) bond motifs is 1. The second-order valence-electron chi connectivity index (χ2n) is 6.81. The molecule has 0 unspecified atom stereocenters. The summed E-state index contributed by atoms with van der Waals surface area (Å²) >= 11 is 6.06. The quantitative estimate of drug-likeness (QED) is 0.896. The summed E-state index contributed by atoms with van der Waals surface area (Å²) in [6.07, 6.45) is 6.10. The zero-order valence-corrected chi connectivity index (χ0v) is 15.2. The standard InChI is InChI=1S/C19H21ClN4O2/c20-15-4-5-17-13(10-15)9-14(12-26-17)18(25)23-16-3-1-8-24(11-16)19-21-6-2-7-22-19/h2,4-7,10,14,16H,1,3,8-9,11-12H2,(H,23,25)/t14-,16-/m1/s1. The van der Waals surface area contributed by atoms with Crippen molar-refractivity contribution in [2.45, 2.75) is 25.3 Å². The molecule has 4 rings (SSSR count). The Morgan fingerprint density at radius 2 is 2.15 bits per heavy atom. The maximum absolute atomic E-state index is 12.7. The summed E-state index contributed by atoms with van der Waals surface area (Å²) in [5, 5.41) is 3.85. The molecule has 0 spiro atoms. The Labute approximate surface area is 157 Å². The lowest BCUT2D eigenvalue weighted by Crippen LogP contribution is -2.50. The number of piperidine rings is 1. The summed E-state index contributed by atoms with van der Waals surface area (Å²) in [6, 6.07) is 7.46. The fourth-order valence-electron chi connectivity index (χ4n) is 3.58. The SMILES string of the molecule is O=C(N[C@@H]1CCCN(c2ncccn2)C1)[C@H]1COc2ccc(Cl)cc2C1. The van der Waals surface area contributed by atoms with Crippen molar-refractivity contribution in [3.63, 3.8) is 0 Å². The van der Waals surface area contributed by atoms with E-state index in [-0.39, 0.29) is 17.9 Å². The van der Waals surface area contributed by atoms with Crippen LogP contribution in [-0.4, -0.2) is 41.6 Å². The van der Waals surface area contributed by atoms with Crippen molar-refractivity contribution in [3.8, 4) is 5.75 Å². The first-order valence-corrected chi connectivity index (χ1v) is 9.30. The van der Waals surface area contributed by atoms with E-state index in [0.29, 0.717) is 18.1 Å². The Hall–Kier alpha value is -2.34. The first-order valence-electron chi connectivity index (χ1n) is 8.92. The number of carbonyl (C=O) groups is 1. The van der Waals surface area contributed by atoms with E-state index < -0.39 is 0 Å². The van der Waals surface area contributed by atoms with E-state index in [9.17, 15) is 4.79 Å². The highest BCUT2D eigenvalue weighted by Gasteiger charge is 2.29. The van der Waals surface area contributed by atoms with Gasteiger partial charge in [0.15, 0.2) is 0 Å². The summed E-state index contributed by atoms with van der Waals surface area (Å²) in [5.41, 5.74) is 0.992.